The molecule has 1 saturated carbocycles. The van der Waals surface area contributed by atoms with Crippen molar-refractivity contribution in [3.8, 4) is 11.9 Å². The van der Waals surface area contributed by atoms with Gasteiger partial charge >= 0.3 is 12.2 Å². The molecule has 2 heterocycles. The second kappa shape index (κ2) is 9.28. The number of nitrogens with one attached hydrogen (secondary N) is 2. The first-order chi connectivity index (χ1) is 17.2. The molecule has 2 aromatic heterocycles. The average molecular weight is 542 g/mol. The van der Waals surface area contributed by atoms with Gasteiger partial charge < -0.3 is 10.1 Å². The van der Waals surface area contributed by atoms with Crippen LogP contribution in [0.1, 0.15) is 46.4 Å². The van der Waals surface area contributed by atoms with Crippen molar-refractivity contribution < 1.29 is 35.7 Å². The van der Waals surface area contributed by atoms with Gasteiger partial charge in [0, 0.05) is 23.0 Å². The Kier molecular flexibility index (Phi) is 6.60. The lowest BCUT2D eigenvalue weighted by atomic mass is 9.78. The van der Waals surface area contributed by atoms with Gasteiger partial charge in [-0.25, -0.2) is 18.4 Å². The number of hydrogen-bond donors (Lipinski definition) is 2. The summed E-state index contributed by atoms with van der Waals surface area (Å²) >= 11 is 0. The van der Waals surface area contributed by atoms with E-state index in [9.17, 15) is 31.0 Å². The van der Waals surface area contributed by atoms with E-state index in [-0.39, 0.29) is 29.0 Å². The molecule has 0 bridgehead atoms. The third-order valence-electron chi connectivity index (χ3n) is 5.76. The molecule has 1 amide bonds. The molecule has 4 rings (SSSR count). The Morgan fingerprint density at radius 2 is 1.95 bits per heavy atom. The number of rotatable bonds is 6. The van der Waals surface area contributed by atoms with Crippen LogP contribution in [0.15, 0.2) is 35.4 Å². The minimum Gasteiger partial charge on any atom is -0.403 e. The molecule has 3 aromatic rings. The van der Waals surface area contributed by atoms with Crippen LogP contribution in [0.4, 0.5) is 27.6 Å². The summed E-state index contributed by atoms with van der Waals surface area (Å²) in [6, 6.07) is 4.66. The van der Waals surface area contributed by atoms with Crippen molar-refractivity contribution in [1.29, 1.82) is 4.78 Å². The van der Waals surface area contributed by atoms with Crippen LogP contribution in [0.3, 0.4) is 0 Å². The predicted octanol–water partition coefficient (Wildman–Crippen LogP) is 5.16. The monoisotopic (exact) mass is 542 g/mol. The van der Waals surface area contributed by atoms with Gasteiger partial charge in [0.2, 0.25) is 5.95 Å². The summed E-state index contributed by atoms with van der Waals surface area (Å²) < 4.78 is 94.4. The fourth-order valence-electron chi connectivity index (χ4n) is 3.66. The zero-order chi connectivity index (χ0) is 27.2. The lowest BCUT2D eigenvalue weighted by Crippen LogP contribution is -2.30. The zero-order valence-electron chi connectivity index (χ0n) is 19.3. The number of halogens is 5. The molecule has 1 unspecified atom stereocenters. The van der Waals surface area contributed by atoms with Gasteiger partial charge in [-0.2, -0.15) is 22.5 Å². The second-order valence-electron chi connectivity index (χ2n) is 8.46. The van der Waals surface area contributed by atoms with Gasteiger partial charge in [-0.3, -0.25) is 4.79 Å². The molecule has 0 saturated heterocycles. The Labute approximate surface area is 207 Å². The maximum Gasteiger partial charge on any atom is 0.435 e. The van der Waals surface area contributed by atoms with E-state index < -0.39 is 62.1 Å². The summed E-state index contributed by atoms with van der Waals surface area (Å²) in [4.78, 5) is 20.3. The molecule has 1 atom stereocenters. The summed E-state index contributed by atoms with van der Waals surface area (Å²) in [6.07, 6.45) is -2.19. The van der Waals surface area contributed by atoms with Gasteiger partial charge in [0.1, 0.15) is 11.2 Å². The van der Waals surface area contributed by atoms with Crippen molar-refractivity contribution >= 4 is 21.3 Å². The number of ether oxygens (including phenoxy) is 1. The zero-order valence-corrected chi connectivity index (χ0v) is 20.1. The second-order valence-corrected chi connectivity index (χ2v) is 10.6. The molecule has 0 radical (unpaired) electrons. The van der Waals surface area contributed by atoms with E-state index in [0.29, 0.717) is 6.42 Å². The normalized spacial score (nSPS) is 16.4. The topological polar surface area (TPSA) is 131 Å². The fourth-order valence-corrected chi connectivity index (χ4v) is 4.35. The van der Waals surface area contributed by atoms with Gasteiger partial charge in [0.05, 0.1) is 15.3 Å². The van der Waals surface area contributed by atoms with Crippen molar-refractivity contribution in [2.75, 3.05) is 11.6 Å². The summed E-state index contributed by atoms with van der Waals surface area (Å²) in [7, 11) is -3.15. The van der Waals surface area contributed by atoms with Crippen LogP contribution in [0.5, 0.6) is 11.9 Å². The lowest BCUT2D eigenvalue weighted by molar-refractivity contribution is -0.142. The highest BCUT2D eigenvalue weighted by Crippen LogP contribution is 2.45. The molecule has 0 spiro atoms. The maximum atomic E-state index is 14.6. The van der Waals surface area contributed by atoms with Crippen LogP contribution >= 0.6 is 0 Å². The van der Waals surface area contributed by atoms with E-state index >= 15 is 0 Å². The average Bonchev–Trinajstić information content (AvgIpc) is 2.76. The molecule has 15 heteroatoms. The van der Waals surface area contributed by atoms with Crippen LogP contribution in [0.25, 0.3) is 0 Å². The Bertz CT molecular complexity index is 1490. The minimum absolute atomic E-state index is 0.0282. The van der Waals surface area contributed by atoms with Crippen LogP contribution < -0.4 is 10.1 Å². The molecule has 0 aliphatic heterocycles. The lowest BCUT2D eigenvalue weighted by Gasteiger charge is -2.33. The maximum absolute atomic E-state index is 14.6. The third kappa shape index (κ3) is 5.35. The van der Waals surface area contributed by atoms with Crippen LogP contribution in [0.2, 0.25) is 0 Å². The van der Waals surface area contributed by atoms with Gasteiger partial charge in [0.25, 0.3) is 11.8 Å². The Balaban J connectivity index is 1.72. The molecule has 1 aromatic carbocycles. The molecule has 1 aliphatic rings. The van der Waals surface area contributed by atoms with Gasteiger partial charge in [-0.1, -0.05) is 6.07 Å². The highest BCUT2D eigenvalue weighted by molar-refractivity contribution is 7.91. The highest BCUT2D eigenvalue weighted by Gasteiger charge is 2.42. The van der Waals surface area contributed by atoms with Crippen LogP contribution in [0, 0.1) is 17.7 Å². The van der Waals surface area contributed by atoms with Crippen molar-refractivity contribution in [2.45, 2.75) is 42.9 Å². The Morgan fingerprint density at radius 3 is 2.51 bits per heavy atom. The molecule has 1 fully saturated rings. The number of carbonyl (C=O) groups excluding carboxylic acids is 1. The summed E-state index contributed by atoms with van der Waals surface area (Å²) in [5.41, 5.74) is -5.08. The molecule has 2 N–H and O–H groups in total. The van der Waals surface area contributed by atoms with E-state index in [1.807, 2.05) is 0 Å². The fraction of sp³-hybridized carbons (Fsp3) is 0.318. The number of alkyl halides is 4. The highest BCUT2D eigenvalue weighted by atomic mass is 32.2. The number of aromatic nitrogens is 4. The van der Waals surface area contributed by atoms with E-state index in [0.717, 1.165) is 19.4 Å². The predicted molar refractivity (Wildman–Crippen MR) is 120 cm³/mol. The van der Waals surface area contributed by atoms with E-state index in [2.05, 4.69) is 25.5 Å². The van der Waals surface area contributed by atoms with E-state index in [1.54, 1.807) is 0 Å². The van der Waals surface area contributed by atoms with Gasteiger partial charge in [0.15, 0.2) is 5.69 Å². The largest absolute Gasteiger partial charge is 0.435 e. The van der Waals surface area contributed by atoms with Crippen molar-refractivity contribution in [1.82, 2.24) is 20.2 Å². The Hall–Kier alpha value is -3.75. The molecule has 9 nitrogen and oxygen atoms in total. The number of benzene rings is 1. The number of nitrogens with zero attached hydrogens (tertiary/aromatic N) is 4. The van der Waals surface area contributed by atoms with Gasteiger partial charge in [-0.15, -0.1) is 10.2 Å². The number of anilines is 1. The summed E-state index contributed by atoms with van der Waals surface area (Å²) in [5.74, 6) is -3.10. The number of carbonyl (C=O) groups is 1. The van der Waals surface area contributed by atoms with Crippen molar-refractivity contribution in [2.24, 2.45) is 0 Å². The quantitative estimate of drug-likeness (QED) is 0.325. The van der Waals surface area contributed by atoms with E-state index in [1.165, 1.54) is 24.3 Å². The number of hydrogen-bond acceptors (Lipinski definition) is 8. The number of amides is 1. The van der Waals surface area contributed by atoms with Crippen molar-refractivity contribution in [3.05, 3.63) is 58.8 Å². The smallest absolute Gasteiger partial charge is 0.403 e. The third-order valence-corrected chi connectivity index (χ3v) is 6.91. The SMILES string of the molecule is Cc1c(C(F)(F)F)nnc(Oc2ncc(C3(F)CCC3)c(F)n2)c1C(=O)Nc1cccc(S(C)(=N)=O)c1. The first-order valence-corrected chi connectivity index (χ1v) is 12.7. The first-order valence-electron chi connectivity index (χ1n) is 10.7. The molecular formula is C22H19F5N6O3S. The van der Waals surface area contributed by atoms with Crippen LogP contribution in [-0.2, 0) is 21.6 Å². The van der Waals surface area contributed by atoms with Gasteiger partial charge in [-0.05, 0) is 49.9 Å². The Morgan fingerprint density at radius 1 is 1.24 bits per heavy atom. The first kappa shape index (κ1) is 26.3. The molecule has 196 valence electrons. The molecular weight excluding hydrogens is 523 g/mol. The standard InChI is InChI=1S/C22H19F5N6O3S/c1-11-15(18(34)30-12-5-3-6-13(9-12)37(2,28)35)19(33-32-16(11)22(25,26)27)36-20-29-10-14(17(23)31-20)21(24)7-4-8-21/h3,5-6,9-10,28H,4,7-8H2,1-2H3,(H,30,34). The van der Waals surface area contributed by atoms with E-state index in [4.69, 9.17) is 9.52 Å². The minimum atomic E-state index is -4.97. The summed E-state index contributed by atoms with van der Waals surface area (Å²) in [6.45, 7) is 0.965. The summed E-state index contributed by atoms with van der Waals surface area (Å²) in [5, 5.41) is 8.78. The molecule has 1 aliphatic carbocycles. The van der Waals surface area contributed by atoms with Crippen LogP contribution in [-0.4, -0.2) is 36.5 Å². The molecule has 37 heavy (non-hydrogen) atoms. The van der Waals surface area contributed by atoms with Crippen molar-refractivity contribution in [3.63, 3.8) is 0 Å².